The first-order chi connectivity index (χ1) is 8.88. The summed E-state index contributed by atoms with van der Waals surface area (Å²) in [5, 5.41) is 9.06. The van der Waals surface area contributed by atoms with E-state index in [1.807, 2.05) is 0 Å². The first-order valence-corrected chi connectivity index (χ1v) is 6.36. The van der Waals surface area contributed by atoms with E-state index in [0.29, 0.717) is 12.2 Å². The molecule has 19 heavy (non-hydrogen) atoms. The Morgan fingerprint density at radius 1 is 1.16 bits per heavy atom. The number of nitrogens with zero attached hydrogens (tertiary/aromatic N) is 1. The summed E-state index contributed by atoms with van der Waals surface area (Å²) in [7, 11) is 0. The van der Waals surface area contributed by atoms with E-state index < -0.39 is 5.97 Å². The molecule has 0 spiro atoms. The second kappa shape index (κ2) is 4.92. The van der Waals surface area contributed by atoms with Gasteiger partial charge in [-0.25, -0.2) is 4.79 Å². The largest absolute Gasteiger partial charge is 0.477 e. The van der Waals surface area contributed by atoms with Crippen LogP contribution in [0.5, 0.6) is 0 Å². The number of aromatic nitrogens is 1. The zero-order chi connectivity index (χ0) is 14.0. The van der Waals surface area contributed by atoms with Gasteiger partial charge in [-0.2, -0.15) is 0 Å². The van der Waals surface area contributed by atoms with Gasteiger partial charge in [-0.3, -0.25) is 0 Å². The second-order valence-electron chi connectivity index (χ2n) is 5.77. The maximum Gasteiger partial charge on any atom is 0.352 e. The molecule has 1 aromatic heterocycles. The van der Waals surface area contributed by atoms with E-state index in [2.05, 4.69) is 45.0 Å². The fourth-order valence-corrected chi connectivity index (χ4v) is 2.05. The predicted molar refractivity (Wildman–Crippen MR) is 75.6 cm³/mol. The molecule has 1 N–H and O–H groups in total. The van der Waals surface area contributed by atoms with Crippen molar-refractivity contribution in [3.8, 4) is 0 Å². The maximum absolute atomic E-state index is 11.0. The molecular formula is C16H19NO2. The Balaban J connectivity index is 2.20. The Labute approximate surface area is 113 Å². The molecule has 0 amide bonds. The van der Waals surface area contributed by atoms with E-state index in [4.69, 9.17) is 5.11 Å². The molecule has 0 saturated heterocycles. The van der Waals surface area contributed by atoms with Gasteiger partial charge in [0.2, 0.25) is 0 Å². The third-order valence-corrected chi connectivity index (χ3v) is 3.22. The highest BCUT2D eigenvalue weighted by molar-refractivity contribution is 5.85. The minimum absolute atomic E-state index is 0.137. The summed E-state index contributed by atoms with van der Waals surface area (Å²) >= 11 is 0. The molecule has 1 aromatic carbocycles. The normalized spacial score (nSPS) is 11.5. The fraction of sp³-hybridized carbons (Fsp3) is 0.312. The lowest BCUT2D eigenvalue weighted by Crippen LogP contribution is -2.11. The van der Waals surface area contributed by atoms with Crippen LogP contribution >= 0.6 is 0 Å². The topological polar surface area (TPSA) is 42.2 Å². The Kier molecular flexibility index (Phi) is 3.47. The van der Waals surface area contributed by atoms with Crippen LogP contribution in [0.15, 0.2) is 42.6 Å². The smallest absolute Gasteiger partial charge is 0.352 e. The van der Waals surface area contributed by atoms with E-state index in [-0.39, 0.29) is 5.41 Å². The minimum atomic E-state index is -0.892. The molecule has 0 aliphatic heterocycles. The van der Waals surface area contributed by atoms with E-state index in [1.165, 1.54) is 5.56 Å². The van der Waals surface area contributed by atoms with Gasteiger partial charge < -0.3 is 9.67 Å². The second-order valence-corrected chi connectivity index (χ2v) is 5.77. The van der Waals surface area contributed by atoms with Gasteiger partial charge in [-0.05, 0) is 28.7 Å². The molecule has 0 aliphatic carbocycles. The maximum atomic E-state index is 11.0. The van der Waals surface area contributed by atoms with Crippen LogP contribution in [0.4, 0.5) is 0 Å². The predicted octanol–water partition coefficient (Wildman–Crippen LogP) is 3.53. The van der Waals surface area contributed by atoms with Crippen LogP contribution in [0.3, 0.4) is 0 Å². The first-order valence-electron chi connectivity index (χ1n) is 6.36. The Morgan fingerprint density at radius 2 is 1.79 bits per heavy atom. The standard InChI is InChI=1S/C16H19NO2/c1-16(2,3)13-8-6-12(7-9-13)11-17-10-4-5-14(17)15(18)19/h4-10H,11H2,1-3H3,(H,18,19). The van der Waals surface area contributed by atoms with Crippen molar-refractivity contribution in [3.63, 3.8) is 0 Å². The lowest BCUT2D eigenvalue weighted by atomic mass is 9.87. The third-order valence-electron chi connectivity index (χ3n) is 3.22. The molecule has 2 rings (SSSR count). The quantitative estimate of drug-likeness (QED) is 0.914. The number of rotatable bonds is 3. The van der Waals surface area contributed by atoms with Gasteiger partial charge >= 0.3 is 5.97 Å². The molecule has 3 heteroatoms. The molecule has 0 unspecified atom stereocenters. The van der Waals surface area contributed by atoms with E-state index in [9.17, 15) is 4.79 Å². The zero-order valence-corrected chi connectivity index (χ0v) is 11.6. The van der Waals surface area contributed by atoms with E-state index in [0.717, 1.165) is 5.56 Å². The first kappa shape index (κ1) is 13.4. The third kappa shape index (κ3) is 3.05. The van der Waals surface area contributed by atoms with Gasteiger partial charge in [0.05, 0.1) is 0 Å². The molecule has 0 bridgehead atoms. The monoisotopic (exact) mass is 257 g/mol. The highest BCUT2D eigenvalue weighted by Crippen LogP contribution is 2.22. The summed E-state index contributed by atoms with van der Waals surface area (Å²) in [5.41, 5.74) is 2.84. The summed E-state index contributed by atoms with van der Waals surface area (Å²) in [6.45, 7) is 7.11. The number of carboxylic acids is 1. The lowest BCUT2D eigenvalue weighted by molar-refractivity contribution is 0.0685. The van der Waals surface area contributed by atoms with Crippen LogP contribution < -0.4 is 0 Å². The van der Waals surface area contributed by atoms with Crippen molar-refractivity contribution < 1.29 is 9.90 Å². The van der Waals surface area contributed by atoms with Crippen LogP contribution in [-0.4, -0.2) is 15.6 Å². The SMILES string of the molecule is CC(C)(C)c1ccc(Cn2cccc2C(=O)O)cc1. The number of aromatic carboxylic acids is 1. The van der Waals surface area contributed by atoms with Crippen molar-refractivity contribution in [1.29, 1.82) is 0 Å². The number of carbonyl (C=O) groups is 1. The lowest BCUT2D eigenvalue weighted by Gasteiger charge is -2.19. The summed E-state index contributed by atoms with van der Waals surface area (Å²) in [5.74, 6) is -0.892. The Hall–Kier alpha value is -2.03. The van der Waals surface area contributed by atoms with Gasteiger partial charge in [0.1, 0.15) is 5.69 Å². The van der Waals surface area contributed by atoms with Crippen molar-refractivity contribution >= 4 is 5.97 Å². The average Bonchev–Trinajstić information content (AvgIpc) is 2.77. The summed E-state index contributed by atoms with van der Waals surface area (Å²) in [6, 6.07) is 11.7. The van der Waals surface area contributed by atoms with Gasteiger partial charge in [0.15, 0.2) is 0 Å². The van der Waals surface area contributed by atoms with Crippen molar-refractivity contribution in [2.24, 2.45) is 0 Å². The molecule has 0 fully saturated rings. The number of carboxylic acid groups (broad SMARTS) is 1. The van der Waals surface area contributed by atoms with E-state index >= 15 is 0 Å². The highest BCUT2D eigenvalue weighted by atomic mass is 16.4. The Bertz CT molecular complexity index is 574. The van der Waals surface area contributed by atoms with Gasteiger partial charge in [0, 0.05) is 12.7 Å². The number of hydrogen-bond donors (Lipinski definition) is 1. The Morgan fingerprint density at radius 3 is 2.32 bits per heavy atom. The van der Waals surface area contributed by atoms with Crippen LogP contribution in [-0.2, 0) is 12.0 Å². The van der Waals surface area contributed by atoms with Crippen molar-refractivity contribution in [3.05, 3.63) is 59.4 Å². The zero-order valence-electron chi connectivity index (χ0n) is 11.6. The van der Waals surface area contributed by atoms with Crippen molar-refractivity contribution in [2.45, 2.75) is 32.7 Å². The summed E-state index contributed by atoms with van der Waals surface area (Å²) < 4.78 is 1.74. The van der Waals surface area contributed by atoms with Crippen LogP contribution in [0.1, 0.15) is 42.4 Å². The van der Waals surface area contributed by atoms with Crippen molar-refractivity contribution in [2.75, 3.05) is 0 Å². The van der Waals surface area contributed by atoms with Gasteiger partial charge in [-0.1, -0.05) is 45.0 Å². The van der Waals surface area contributed by atoms with Gasteiger partial charge in [0.25, 0.3) is 0 Å². The summed E-state index contributed by atoms with van der Waals surface area (Å²) in [4.78, 5) is 11.0. The summed E-state index contributed by atoms with van der Waals surface area (Å²) in [6.07, 6.45) is 1.79. The average molecular weight is 257 g/mol. The van der Waals surface area contributed by atoms with Crippen molar-refractivity contribution in [1.82, 2.24) is 4.57 Å². The molecule has 3 nitrogen and oxygen atoms in total. The van der Waals surface area contributed by atoms with Crippen LogP contribution in [0, 0.1) is 0 Å². The molecule has 1 heterocycles. The molecule has 0 aliphatic rings. The van der Waals surface area contributed by atoms with Gasteiger partial charge in [-0.15, -0.1) is 0 Å². The van der Waals surface area contributed by atoms with Crippen LogP contribution in [0.2, 0.25) is 0 Å². The number of hydrogen-bond acceptors (Lipinski definition) is 1. The number of benzene rings is 1. The molecule has 0 saturated carbocycles. The molecular weight excluding hydrogens is 238 g/mol. The van der Waals surface area contributed by atoms with E-state index in [1.54, 1.807) is 22.9 Å². The fourth-order valence-electron chi connectivity index (χ4n) is 2.05. The molecule has 0 atom stereocenters. The molecule has 0 radical (unpaired) electrons. The van der Waals surface area contributed by atoms with Crippen LogP contribution in [0.25, 0.3) is 0 Å². The highest BCUT2D eigenvalue weighted by Gasteiger charge is 2.13. The molecule has 100 valence electrons. The molecule has 2 aromatic rings. The minimum Gasteiger partial charge on any atom is -0.477 e.